The van der Waals surface area contributed by atoms with E-state index in [1.807, 2.05) is 41.5 Å². The van der Waals surface area contributed by atoms with Crippen LogP contribution >= 0.6 is 0 Å². The van der Waals surface area contributed by atoms with Gasteiger partial charge in [-0.1, -0.05) is 5.16 Å². The fourth-order valence-corrected chi connectivity index (χ4v) is 1.68. The van der Waals surface area contributed by atoms with Gasteiger partial charge in [0.1, 0.15) is 12.2 Å². The quantitative estimate of drug-likeness (QED) is 0.686. The van der Waals surface area contributed by atoms with E-state index < -0.39 is 0 Å². The van der Waals surface area contributed by atoms with Gasteiger partial charge in [-0.2, -0.15) is 0 Å². The maximum atomic E-state index is 11.0. The van der Waals surface area contributed by atoms with E-state index in [0.717, 1.165) is 6.42 Å². The van der Waals surface area contributed by atoms with Gasteiger partial charge in [-0.05, 0) is 41.5 Å². The lowest BCUT2D eigenvalue weighted by Crippen LogP contribution is -2.40. The summed E-state index contributed by atoms with van der Waals surface area (Å²) in [6, 6.07) is 0. The Balaban J connectivity index is 0.000000200. The summed E-state index contributed by atoms with van der Waals surface area (Å²) in [6.45, 7) is 13.0. The molecule has 116 valence electrons. The van der Waals surface area contributed by atoms with Crippen molar-refractivity contribution in [3.05, 3.63) is 0 Å². The Morgan fingerprint density at radius 3 is 2.05 bits per heavy atom. The highest BCUT2D eigenvalue weighted by Gasteiger charge is 2.31. The second-order valence-electron chi connectivity index (χ2n) is 6.72. The number of carbonyl (C=O) groups excluding carboxylic acids is 1. The third kappa shape index (κ3) is 5.77. The molecule has 0 aromatic heterocycles. The van der Waals surface area contributed by atoms with E-state index in [4.69, 9.17) is 14.4 Å². The van der Waals surface area contributed by atoms with Crippen LogP contribution in [0.3, 0.4) is 0 Å². The standard InChI is InChI=1S/2C7H13NO2/c1-7(2,3)10-6-4-5-9-8-6;1-7(2,3)8-6(9)4-5-10-8/h2*4-5H2,1-3H3. The lowest BCUT2D eigenvalue weighted by atomic mass is 10.1. The molecule has 0 unspecified atom stereocenters. The molecular weight excluding hydrogens is 260 g/mol. The van der Waals surface area contributed by atoms with Gasteiger partial charge in [-0.15, -0.1) is 0 Å². The number of nitrogens with zero attached hydrogens (tertiary/aromatic N) is 2. The van der Waals surface area contributed by atoms with E-state index >= 15 is 0 Å². The maximum absolute atomic E-state index is 11.0. The average Bonchev–Trinajstić information content (AvgIpc) is 2.86. The molecular formula is C14H26N2O4. The first kappa shape index (κ1) is 16.8. The lowest BCUT2D eigenvalue weighted by molar-refractivity contribution is -0.186. The van der Waals surface area contributed by atoms with Crippen molar-refractivity contribution in [2.75, 3.05) is 13.2 Å². The van der Waals surface area contributed by atoms with Crippen molar-refractivity contribution in [2.24, 2.45) is 5.16 Å². The number of ether oxygens (including phenoxy) is 1. The summed E-state index contributed by atoms with van der Waals surface area (Å²) in [6.07, 6.45) is 1.33. The highest BCUT2D eigenvalue weighted by molar-refractivity contribution is 5.77. The van der Waals surface area contributed by atoms with E-state index in [1.165, 1.54) is 5.06 Å². The number of rotatable bonds is 0. The number of amides is 1. The average molecular weight is 286 g/mol. The zero-order valence-electron chi connectivity index (χ0n) is 13.4. The SMILES string of the molecule is CC(C)(C)N1OCCC1=O.CC(C)(C)OC1=NOCC1. The third-order valence-corrected chi connectivity index (χ3v) is 2.37. The Morgan fingerprint density at radius 2 is 1.75 bits per heavy atom. The van der Waals surface area contributed by atoms with Crippen molar-refractivity contribution in [3.8, 4) is 0 Å². The molecule has 2 rings (SSSR count). The van der Waals surface area contributed by atoms with Crippen molar-refractivity contribution < 1.29 is 19.2 Å². The molecule has 0 aromatic carbocycles. The van der Waals surface area contributed by atoms with Crippen LogP contribution in [0.2, 0.25) is 0 Å². The van der Waals surface area contributed by atoms with Crippen LogP contribution in [-0.4, -0.2) is 41.2 Å². The molecule has 0 spiro atoms. The van der Waals surface area contributed by atoms with Crippen LogP contribution < -0.4 is 0 Å². The van der Waals surface area contributed by atoms with Gasteiger partial charge >= 0.3 is 0 Å². The van der Waals surface area contributed by atoms with E-state index in [1.54, 1.807) is 0 Å². The van der Waals surface area contributed by atoms with Gasteiger partial charge in [-0.3, -0.25) is 9.63 Å². The summed E-state index contributed by atoms with van der Waals surface area (Å²) in [5.74, 6) is 0.806. The topological polar surface area (TPSA) is 60.4 Å². The largest absolute Gasteiger partial charge is 0.473 e. The molecule has 0 N–H and O–H groups in total. The molecule has 0 bridgehead atoms. The maximum Gasteiger partial charge on any atom is 0.249 e. The minimum atomic E-state index is -0.187. The van der Waals surface area contributed by atoms with Gasteiger partial charge in [-0.25, -0.2) is 5.06 Å². The van der Waals surface area contributed by atoms with Crippen LogP contribution in [-0.2, 0) is 19.2 Å². The Morgan fingerprint density at radius 1 is 1.10 bits per heavy atom. The van der Waals surface area contributed by atoms with E-state index in [9.17, 15) is 4.79 Å². The zero-order chi connectivity index (χ0) is 15.4. The molecule has 2 aliphatic heterocycles. The molecule has 1 fully saturated rings. The minimum absolute atomic E-state index is 0.0903. The van der Waals surface area contributed by atoms with Gasteiger partial charge in [0, 0.05) is 0 Å². The monoisotopic (exact) mass is 286 g/mol. The highest BCUT2D eigenvalue weighted by Crippen LogP contribution is 2.19. The predicted molar refractivity (Wildman–Crippen MR) is 76.0 cm³/mol. The van der Waals surface area contributed by atoms with Crippen molar-refractivity contribution in [3.63, 3.8) is 0 Å². The molecule has 2 aliphatic rings. The molecule has 1 saturated heterocycles. The number of hydroxylamine groups is 2. The summed E-state index contributed by atoms with van der Waals surface area (Å²) in [4.78, 5) is 20.9. The van der Waals surface area contributed by atoms with Crippen LogP contribution in [0.1, 0.15) is 54.4 Å². The van der Waals surface area contributed by atoms with E-state index in [-0.39, 0.29) is 17.0 Å². The van der Waals surface area contributed by atoms with Crippen LogP contribution in [0.25, 0.3) is 0 Å². The Hall–Kier alpha value is -1.30. The van der Waals surface area contributed by atoms with Gasteiger partial charge in [0.25, 0.3) is 0 Å². The van der Waals surface area contributed by atoms with Gasteiger partial charge in [0.15, 0.2) is 0 Å². The van der Waals surface area contributed by atoms with Crippen LogP contribution in [0.15, 0.2) is 5.16 Å². The molecule has 6 nitrogen and oxygen atoms in total. The number of carbonyl (C=O) groups is 1. The normalized spacial score (nSPS) is 19.2. The van der Waals surface area contributed by atoms with Crippen molar-refractivity contribution in [1.82, 2.24) is 5.06 Å². The van der Waals surface area contributed by atoms with Crippen molar-refractivity contribution in [1.29, 1.82) is 0 Å². The molecule has 2 heterocycles. The first-order chi connectivity index (χ1) is 9.09. The molecule has 0 atom stereocenters. The Kier molecular flexibility index (Phi) is 5.39. The summed E-state index contributed by atoms with van der Waals surface area (Å²) in [5, 5.41) is 5.17. The van der Waals surface area contributed by atoms with Gasteiger partial charge < -0.3 is 9.57 Å². The van der Waals surface area contributed by atoms with Crippen LogP contribution in [0, 0.1) is 0 Å². The first-order valence-corrected chi connectivity index (χ1v) is 6.93. The number of hydrogen-bond acceptors (Lipinski definition) is 5. The second-order valence-corrected chi connectivity index (χ2v) is 6.72. The smallest absolute Gasteiger partial charge is 0.249 e. The predicted octanol–water partition coefficient (Wildman–Crippen LogP) is 2.48. The Bertz CT molecular complexity index is 366. The molecule has 0 aliphatic carbocycles. The van der Waals surface area contributed by atoms with Crippen LogP contribution in [0.4, 0.5) is 0 Å². The number of oxime groups is 1. The summed E-state index contributed by atoms with van der Waals surface area (Å²) in [7, 11) is 0. The number of hydrogen-bond donors (Lipinski definition) is 0. The summed E-state index contributed by atoms with van der Waals surface area (Å²) >= 11 is 0. The molecule has 0 aromatic rings. The van der Waals surface area contributed by atoms with Gasteiger partial charge in [0.05, 0.1) is 25.0 Å². The van der Waals surface area contributed by atoms with Crippen molar-refractivity contribution >= 4 is 11.8 Å². The Labute approximate surface area is 121 Å². The van der Waals surface area contributed by atoms with Crippen molar-refractivity contribution in [2.45, 2.75) is 65.5 Å². The van der Waals surface area contributed by atoms with E-state index in [2.05, 4.69) is 5.16 Å². The molecule has 20 heavy (non-hydrogen) atoms. The third-order valence-electron chi connectivity index (χ3n) is 2.37. The molecule has 0 radical (unpaired) electrons. The zero-order valence-corrected chi connectivity index (χ0v) is 13.4. The highest BCUT2D eigenvalue weighted by atomic mass is 16.7. The van der Waals surface area contributed by atoms with Crippen LogP contribution in [0.5, 0.6) is 0 Å². The summed E-state index contributed by atoms with van der Waals surface area (Å²) < 4.78 is 5.42. The second kappa shape index (κ2) is 6.43. The fraction of sp³-hybridized carbons (Fsp3) is 0.857. The molecule has 1 amide bonds. The van der Waals surface area contributed by atoms with E-state index in [0.29, 0.717) is 25.5 Å². The first-order valence-electron chi connectivity index (χ1n) is 6.93. The molecule has 0 saturated carbocycles. The van der Waals surface area contributed by atoms with Gasteiger partial charge in [0.2, 0.25) is 11.8 Å². The fourth-order valence-electron chi connectivity index (χ4n) is 1.68. The lowest BCUT2D eigenvalue weighted by Gasteiger charge is -2.29. The molecule has 6 heteroatoms. The summed E-state index contributed by atoms with van der Waals surface area (Å²) in [5.41, 5.74) is -0.333. The minimum Gasteiger partial charge on any atom is -0.473 e.